The van der Waals surface area contributed by atoms with Crippen LogP contribution in [0.2, 0.25) is 0 Å². The Hall–Kier alpha value is -1.46. The topological polar surface area (TPSA) is 286 Å². The predicted molar refractivity (Wildman–Crippen MR) is 144 cm³/mol. The van der Waals surface area contributed by atoms with E-state index in [1.165, 1.54) is 18.2 Å². The summed E-state index contributed by atoms with van der Waals surface area (Å²) in [6.45, 7) is -5.46. The van der Waals surface area contributed by atoms with Crippen molar-refractivity contribution in [1.29, 1.82) is 0 Å². The third kappa shape index (κ3) is 11.1. The van der Waals surface area contributed by atoms with Crippen LogP contribution in [0.3, 0.4) is 0 Å². The number of aliphatic hydroxyl groups is 6. The minimum absolute atomic E-state index is 0. The Labute approximate surface area is 257 Å². The summed E-state index contributed by atoms with van der Waals surface area (Å²) < 4.78 is 24.2. The Morgan fingerprint density at radius 3 is 1.65 bits per heavy atom. The van der Waals surface area contributed by atoms with Gasteiger partial charge in [0.05, 0.1) is 58.0 Å². The zero-order valence-corrected chi connectivity index (χ0v) is 25.7. The van der Waals surface area contributed by atoms with E-state index in [-0.39, 0.29) is 50.4 Å². The van der Waals surface area contributed by atoms with Crippen LogP contribution in [0, 0.1) is 0 Å². The van der Waals surface area contributed by atoms with Gasteiger partial charge in [-0.3, -0.25) is 14.4 Å². The number of aromatic hydroxyl groups is 2. The van der Waals surface area contributed by atoms with Gasteiger partial charge in [0.15, 0.2) is 0 Å². The van der Waals surface area contributed by atoms with Gasteiger partial charge in [-0.25, -0.2) is 0 Å². The number of benzene rings is 2. The van der Waals surface area contributed by atoms with E-state index in [1.807, 2.05) is 0 Å². The van der Waals surface area contributed by atoms with Crippen LogP contribution in [0.15, 0.2) is 24.3 Å². The van der Waals surface area contributed by atoms with Crippen LogP contribution < -0.4 is 4.89 Å². The maximum atomic E-state index is 12.1. The second kappa shape index (κ2) is 17.3. The van der Waals surface area contributed by atoms with Gasteiger partial charge >= 0.3 is 24.7 Å². The molecule has 0 bridgehead atoms. The number of hydrogen-bond donors (Lipinski definition) is 11. The number of hydrogen-bond acceptors (Lipinski definition) is 13. The number of rotatable bonds is 17. The molecule has 11 N–H and O–H groups in total. The number of nitrogens with zero attached hydrogens (tertiary/aromatic N) is 2. The quantitative estimate of drug-likeness (QED) is 0.0615. The molecule has 244 valence electrons. The van der Waals surface area contributed by atoms with E-state index >= 15 is 0 Å². The zero-order chi connectivity index (χ0) is 31.8. The molecule has 0 aliphatic rings. The molecule has 3 unspecified atom stereocenters. The van der Waals surface area contributed by atoms with Crippen molar-refractivity contribution in [2.75, 3.05) is 25.8 Å². The molecule has 19 heteroatoms. The molecule has 0 saturated heterocycles. The molecule has 0 heterocycles. The monoisotopic (exact) mass is 695 g/mol. The normalized spacial score (nSPS) is 14.9. The summed E-state index contributed by atoms with van der Waals surface area (Å²) in [6.07, 6.45) is -2.25. The molecule has 2 aromatic rings. The fourth-order valence-electron chi connectivity index (χ4n) is 4.82. The first kappa shape index (κ1) is 39.6. The molecule has 2 rings (SSSR count). The third-order valence-electron chi connectivity index (χ3n) is 6.77. The number of aliphatic hydroxyl groups excluding tert-OH is 6. The maximum Gasteiger partial charge on any atom is 2.00 e. The standard InChI is InChI=1S/C24H38N2O14P2.Fe/c27-7-15-3-17(9-29)18(24(34)4-15)5-25(13-41(35,36)37)21(11-31)22(12-32)26(14-42(38,39)40)6-19-20(10-30)16(8-28)1-2-23(19)33;/h1-4,21-22,27-34H,5-14H2,(H2,35,36,37)(H2,38,39,40);/q;+2/p-1. The van der Waals surface area contributed by atoms with E-state index in [4.69, 9.17) is 0 Å². The van der Waals surface area contributed by atoms with Crippen molar-refractivity contribution >= 4 is 15.2 Å². The molecule has 0 aromatic heterocycles. The minimum Gasteiger partial charge on any atom is -0.778 e. The van der Waals surface area contributed by atoms with Crippen LogP contribution in [0.1, 0.15) is 33.4 Å². The van der Waals surface area contributed by atoms with E-state index in [2.05, 4.69) is 0 Å². The first-order valence-corrected chi connectivity index (χ1v) is 16.1. The first-order chi connectivity index (χ1) is 19.6. The molecule has 3 atom stereocenters. The van der Waals surface area contributed by atoms with Crippen LogP contribution in [0.25, 0.3) is 0 Å². The second-order valence-corrected chi connectivity index (χ2v) is 12.8. The minimum atomic E-state index is -5.17. The zero-order valence-electron chi connectivity index (χ0n) is 22.8. The molecule has 2 aromatic carbocycles. The molecule has 0 aliphatic heterocycles. The summed E-state index contributed by atoms with van der Waals surface area (Å²) in [5, 5.41) is 80.7. The molecular weight excluding hydrogens is 658 g/mol. The van der Waals surface area contributed by atoms with Crippen LogP contribution in [-0.4, -0.2) is 103 Å². The second-order valence-electron chi connectivity index (χ2n) is 9.66. The fraction of sp³-hybridized carbons (Fsp3) is 0.500. The largest absolute Gasteiger partial charge is 2.00 e. The van der Waals surface area contributed by atoms with Crippen molar-refractivity contribution in [3.63, 3.8) is 0 Å². The van der Waals surface area contributed by atoms with Gasteiger partial charge in [-0.1, -0.05) is 12.1 Å². The molecule has 0 spiro atoms. The molecule has 0 fully saturated rings. The molecule has 0 saturated carbocycles. The van der Waals surface area contributed by atoms with Crippen LogP contribution in [0.4, 0.5) is 0 Å². The van der Waals surface area contributed by atoms with Gasteiger partial charge in [-0.15, -0.1) is 0 Å². The summed E-state index contributed by atoms with van der Waals surface area (Å²) in [4.78, 5) is 43.2. The van der Waals surface area contributed by atoms with Gasteiger partial charge in [0.2, 0.25) is 0 Å². The summed E-state index contributed by atoms with van der Waals surface area (Å²) in [6, 6.07) is 1.95. The average Bonchev–Trinajstić information content (AvgIpc) is 2.91. The van der Waals surface area contributed by atoms with E-state index in [9.17, 15) is 69.6 Å². The third-order valence-corrected chi connectivity index (χ3v) is 8.22. The number of phenolic OH excluding ortho intramolecular Hbond substituents is 2. The van der Waals surface area contributed by atoms with Gasteiger partial charge in [-0.05, 0) is 34.4 Å². The van der Waals surface area contributed by atoms with Crippen molar-refractivity contribution in [3.05, 3.63) is 57.6 Å². The SMILES string of the molecule is O=P([O-])(O)CN(Cc1c(O)cc(CO)cc1CO)C(CO)C(CO)N(Cc1c(O)ccc(CO)c1CO)CP(=O)(O)O.[Fe+2]. The summed E-state index contributed by atoms with van der Waals surface area (Å²) in [5.41, 5.74) is 0.362. The van der Waals surface area contributed by atoms with Crippen molar-refractivity contribution in [2.45, 2.75) is 51.6 Å². The first-order valence-electron chi connectivity index (χ1n) is 12.5. The Morgan fingerprint density at radius 2 is 1.21 bits per heavy atom. The van der Waals surface area contributed by atoms with Crippen LogP contribution >= 0.6 is 15.2 Å². The fourth-order valence-corrected chi connectivity index (χ4v) is 6.37. The van der Waals surface area contributed by atoms with Crippen molar-refractivity contribution < 1.29 is 86.6 Å². The Bertz CT molecular complexity index is 1290. The molecule has 43 heavy (non-hydrogen) atoms. The summed E-state index contributed by atoms with van der Waals surface area (Å²) >= 11 is 0. The van der Waals surface area contributed by atoms with E-state index in [0.29, 0.717) is 0 Å². The van der Waals surface area contributed by atoms with Crippen molar-refractivity contribution in [1.82, 2.24) is 9.80 Å². The predicted octanol–water partition coefficient (Wildman–Crippen LogP) is -2.27. The Balaban J connectivity index is 0.00000924. The van der Waals surface area contributed by atoms with Crippen LogP contribution in [-0.2, 0) is 65.7 Å². The van der Waals surface area contributed by atoms with Crippen molar-refractivity contribution in [2.24, 2.45) is 0 Å². The average molecular weight is 695 g/mol. The van der Waals surface area contributed by atoms with Gasteiger partial charge in [-0.2, -0.15) is 0 Å². The van der Waals surface area contributed by atoms with Gasteiger partial charge in [0.1, 0.15) is 25.4 Å². The smallest absolute Gasteiger partial charge is 0.778 e. The molecule has 16 nitrogen and oxygen atoms in total. The molecule has 0 radical (unpaired) electrons. The van der Waals surface area contributed by atoms with E-state index in [1.54, 1.807) is 0 Å². The van der Waals surface area contributed by atoms with E-state index < -0.39 is 104 Å². The summed E-state index contributed by atoms with van der Waals surface area (Å²) in [5.74, 6) is -0.904. The Morgan fingerprint density at radius 1 is 0.674 bits per heavy atom. The van der Waals surface area contributed by atoms with Crippen LogP contribution in [0.5, 0.6) is 11.5 Å². The van der Waals surface area contributed by atoms with Gasteiger partial charge in [0, 0.05) is 24.2 Å². The summed E-state index contributed by atoms with van der Waals surface area (Å²) in [7, 11) is -10.1. The van der Waals surface area contributed by atoms with Gasteiger partial charge < -0.3 is 65.0 Å². The Kier molecular flexibility index (Phi) is 15.9. The molecular formula is C24H37FeN2O14P2+. The van der Waals surface area contributed by atoms with Gasteiger partial charge in [0.25, 0.3) is 0 Å². The number of phenols is 2. The molecule has 0 aliphatic carbocycles. The van der Waals surface area contributed by atoms with Crippen molar-refractivity contribution in [3.8, 4) is 11.5 Å². The van der Waals surface area contributed by atoms with E-state index in [0.717, 1.165) is 15.9 Å². The molecule has 0 amide bonds. The maximum absolute atomic E-state index is 12.1.